The molecule has 0 unspecified atom stereocenters. The molecule has 2 aliphatic heterocycles. The molecule has 0 aromatic rings. The Balaban J connectivity index is 1.86. The minimum absolute atomic E-state index is 0.209. The zero-order chi connectivity index (χ0) is 49.2. The van der Waals surface area contributed by atoms with E-state index >= 15 is 0 Å². The number of unbranched alkanes of at least 4 members (excludes halogenated alkanes) is 27. The smallest absolute Gasteiger partial charge is 0.249 e. The Morgan fingerprint density at radius 2 is 0.836 bits per heavy atom. The number of carbonyl (C=O) groups is 1. The van der Waals surface area contributed by atoms with Crippen molar-refractivity contribution in [2.75, 3.05) is 19.8 Å². The van der Waals surface area contributed by atoms with E-state index in [1.165, 1.54) is 128 Å². The van der Waals surface area contributed by atoms with Crippen LogP contribution in [0.3, 0.4) is 0 Å². The van der Waals surface area contributed by atoms with Crippen molar-refractivity contribution < 1.29 is 74.8 Å². The Kier molecular flexibility index (Phi) is 35.7. The molecule has 16 heteroatoms. The van der Waals surface area contributed by atoms with Gasteiger partial charge in [0.05, 0.1) is 32.0 Å². The zero-order valence-corrected chi connectivity index (χ0v) is 41.6. The lowest BCUT2D eigenvalue weighted by atomic mass is 9.98. The lowest BCUT2D eigenvalue weighted by molar-refractivity contribution is -0.331. The van der Waals surface area contributed by atoms with Gasteiger partial charge in [0.1, 0.15) is 61.0 Å². The predicted octanol–water partition coefficient (Wildman–Crippen LogP) is 5.33. The average molecular weight is 966 g/mol. The SMILES string of the molecule is CCCCCCCCCCCCCCCCCCCC[C@@H](O)C(=O)N[C@@H](CO[C@@H]1O[C@H](CO[C@H]2O[C@H](CO)[C@H](O)[C@H](O)[C@H]2O)[C@@H](O)[C@H](O)[C@H]1O)[C@H](O)[C@H](O)CCCCCCCCCCCCC. The third-order valence-electron chi connectivity index (χ3n) is 13.8. The van der Waals surface area contributed by atoms with E-state index in [1.807, 2.05) is 0 Å². The first kappa shape index (κ1) is 62.0. The lowest BCUT2D eigenvalue weighted by Crippen LogP contribution is -2.62. The monoisotopic (exact) mass is 966 g/mol. The highest BCUT2D eigenvalue weighted by Gasteiger charge is 2.48. The summed E-state index contributed by atoms with van der Waals surface area (Å²) >= 11 is 0. The molecular formula is C51H99NO15. The number of aliphatic hydroxyl groups excluding tert-OH is 10. The van der Waals surface area contributed by atoms with Gasteiger partial charge >= 0.3 is 0 Å². The molecule has 16 nitrogen and oxygen atoms in total. The van der Waals surface area contributed by atoms with Gasteiger partial charge in [-0.25, -0.2) is 0 Å². The standard InChI is InChI=1S/C51H99NO15/c1-3-5-7-9-11-13-15-16-17-18-19-20-21-23-25-27-29-31-33-39(55)49(63)52-37(42(56)38(54)32-30-28-26-24-22-14-12-10-8-6-4-2)35-64-50-48(62)46(60)44(58)41(67-50)36-65-51-47(61)45(59)43(57)40(34-53)66-51/h37-48,50-51,53-62H,3-36H2,1-2H3,(H,52,63)/t37-,38+,39+,40+,41+,42-,43-,44+,45-,46-,47+,48+,50+,51-/m0/s1. The maximum absolute atomic E-state index is 13.3. The van der Waals surface area contributed by atoms with Gasteiger partial charge in [-0.15, -0.1) is 0 Å². The fourth-order valence-electron chi connectivity index (χ4n) is 9.12. The predicted molar refractivity (Wildman–Crippen MR) is 257 cm³/mol. The first-order valence-corrected chi connectivity index (χ1v) is 27.0. The number of hydrogen-bond donors (Lipinski definition) is 11. The van der Waals surface area contributed by atoms with Crippen molar-refractivity contribution in [1.82, 2.24) is 5.32 Å². The summed E-state index contributed by atoms with van der Waals surface area (Å²) < 4.78 is 22.4. The highest BCUT2D eigenvalue weighted by atomic mass is 16.7. The number of aliphatic hydroxyl groups is 10. The Labute approximate surface area is 403 Å². The van der Waals surface area contributed by atoms with E-state index in [4.69, 9.17) is 18.9 Å². The van der Waals surface area contributed by atoms with Gasteiger partial charge in [0.2, 0.25) is 5.91 Å². The highest BCUT2D eigenvalue weighted by molar-refractivity contribution is 5.80. The van der Waals surface area contributed by atoms with Gasteiger partial charge in [-0.05, 0) is 12.8 Å². The molecule has 0 aromatic heterocycles. The third-order valence-corrected chi connectivity index (χ3v) is 13.8. The van der Waals surface area contributed by atoms with Gasteiger partial charge in [0.15, 0.2) is 12.6 Å². The molecule has 2 fully saturated rings. The molecule has 0 bridgehead atoms. The number of rotatable bonds is 42. The minimum Gasteiger partial charge on any atom is -0.394 e. The first-order valence-electron chi connectivity index (χ1n) is 27.0. The number of ether oxygens (including phenoxy) is 4. The average Bonchev–Trinajstić information content (AvgIpc) is 3.32. The molecule has 0 aliphatic carbocycles. The molecular weight excluding hydrogens is 867 g/mol. The van der Waals surface area contributed by atoms with Gasteiger partial charge in [-0.1, -0.05) is 200 Å². The van der Waals surface area contributed by atoms with Crippen LogP contribution in [0.2, 0.25) is 0 Å². The highest BCUT2D eigenvalue weighted by Crippen LogP contribution is 2.27. The second-order valence-electron chi connectivity index (χ2n) is 19.7. The van der Waals surface area contributed by atoms with Gasteiger partial charge in [0, 0.05) is 0 Å². The van der Waals surface area contributed by atoms with Gasteiger partial charge in [0.25, 0.3) is 0 Å². The molecule has 2 saturated heterocycles. The number of amides is 1. The van der Waals surface area contributed by atoms with E-state index in [2.05, 4.69) is 19.2 Å². The fraction of sp³-hybridized carbons (Fsp3) is 0.980. The summed E-state index contributed by atoms with van der Waals surface area (Å²) in [5, 5.41) is 108. The normalized spacial score (nSPS) is 27.5. The van der Waals surface area contributed by atoms with E-state index in [-0.39, 0.29) is 12.8 Å². The topological polar surface area (TPSA) is 268 Å². The van der Waals surface area contributed by atoms with Crippen molar-refractivity contribution in [2.24, 2.45) is 0 Å². The van der Waals surface area contributed by atoms with Crippen LogP contribution in [0.15, 0.2) is 0 Å². The molecule has 11 N–H and O–H groups in total. The van der Waals surface area contributed by atoms with E-state index in [1.54, 1.807) is 0 Å². The summed E-state index contributed by atoms with van der Waals surface area (Å²) in [6.07, 6.45) is 14.4. The summed E-state index contributed by atoms with van der Waals surface area (Å²) in [4.78, 5) is 13.3. The van der Waals surface area contributed by atoms with Crippen molar-refractivity contribution in [3.63, 3.8) is 0 Å². The first-order chi connectivity index (χ1) is 32.4. The zero-order valence-electron chi connectivity index (χ0n) is 41.6. The Hall–Kier alpha value is -1.09. The molecule has 398 valence electrons. The molecule has 2 rings (SSSR count). The van der Waals surface area contributed by atoms with E-state index < -0.39 is 111 Å². The largest absolute Gasteiger partial charge is 0.394 e. The van der Waals surface area contributed by atoms with Crippen LogP contribution < -0.4 is 5.32 Å². The maximum Gasteiger partial charge on any atom is 0.249 e. The van der Waals surface area contributed by atoms with Crippen molar-refractivity contribution in [2.45, 2.75) is 299 Å². The van der Waals surface area contributed by atoms with Crippen molar-refractivity contribution in [3.05, 3.63) is 0 Å². The molecule has 2 heterocycles. The molecule has 0 aromatic carbocycles. The van der Waals surface area contributed by atoms with Crippen LogP contribution >= 0.6 is 0 Å². The molecule has 0 radical (unpaired) electrons. The van der Waals surface area contributed by atoms with Crippen LogP contribution in [-0.4, -0.2) is 163 Å². The number of hydrogen-bond acceptors (Lipinski definition) is 15. The Bertz CT molecular complexity index is 1170. The van der Waals surface area contributed by atoms with Crippen molar-refractivity contribution in [3.8, 4) is 0 Å². The van der Waals surface area contributed by atoms with Crippen molar-refractivity contribution in [1.29, 1.82) is 0 Å². The van der Waals surface area contributed by atoms with Crippen LogP contribution in [0.5, 0.6) is 0 Å². The van der Waals surface area contributed by atoms with Gasteiger partial charge in [-0.2, -0.15) is 0 Å². The second-order valence-corrected chi connectivity index (χ2v) is 19.7. The minimum atomic E-state index is -1.82. The van der Waals surface area contributed by atoms with Crippen LogP contribution in [0, 0.1) is 0 Å². The second kappa shape index (κ2) is 38.6. The van der Waals surface area contributed by atoms with E-state index in [9.17, 15) is 55.9 Å². The quantitative estimate of drug-likeness (QED) is 0.0346. The summed E-state index contributed by atoms with van der Waals surface area (Å²) in [7, 11) is 0. The molecule has 14 atom stereocenters. The molecule has 0 saturated carbocycles. The Morgan fingerprint density at radius 1 is 0.478 bits per heavy atom. The maximum atomic E-state index is 13.3. The summed E-state index contributed by atoms with van der Waals surface area (Å²) in [5.41, 5.74) is 0. The lowest BCUT2D eigenvalue weighted by Gasteiger charge is -2.43. The van der Waals surface area contributed by atoms with Crippen LogP contribution in [0.1, 0.15) is 213 Å². The Morgan fingerprint density at radius 3 is 1.25 bits per heavy atom. The van der Waals surface area contributed by atoms with Crippen LogP contribution in [0.25, 0.3) is 0 Å². The summed E-state index contributed by atoms with van der Waals surface area (Å²) in [5.74, 6) is -0.757. The third kappa shape index (κ3) is 25.7. The number of nitrogens with one attached hydrogen (secondary N) is 1. The van der Waals surface area contributed by atoms with Gasteiger partial charge in [-0.3, -0.25) is 4.79 Å². The fourth-order valence-corrected chi connectivity index (χ4v) is 9.12. The van der Waals surface area contributed by atoms with Crippen LogP contribution in [0.4, 0.5) is 0 Å². The van der Waals surface area contributed by atoms with E-state index in [0.717, 1.165) is 44.9 Å². The van der Waals surface area contributed by atoms with Gasteiger partial charge < -0.3 is 75.3 Å². The van der Waals surface area contributed by atoms with Crippen molar-refractivity contribution >= 4 is 5.91 Å². The molecule has 1 amide bonds. The van der Waals surface area contributed by atoms with Crippen LogP contribution in [-0.2, 0) is 23.7 Å². The van der Waals surface area contributed by atoms with E-state index in [0.29, 0.717) is 12.8 Å². The summed E-state index contributed by atoms with van der Waals surface area (Å²) in [6.45, 7) is 2.67. The molecule has 2 aliphatic rings. The molecule has 67 heavy (non-hydrogen) atoms. The molecule has 0 spiro atoms. The summed E-state index contributed by atoms with van der Waals surface area (Å²) in [6, 6.07) is -1.27. The number of carbonyl (C=O) groups excluding carboxylic acids is 1.